The van der Waals surface area contributed by atoms with E-state index in [4.69, 9.17) is 25.5 Å². The highest BCUT2D eigenvalue weighted by molar-refractivity contribution is 5.74. The number of aromatic nitrogens is 3. The zero-order valence-corrected chi connectivity index (χ0v) is 18.4. The van der Waals surface area contributed by atoms with Crippen LogP contribution in [0.3, 0.4) is 0 Å². The number of nitrogens with zero attached hydrogens (tertiary/aromatic N) is 3. The lowest BCUT2D eigenvalue weighted by Crippen LogP contribution is -2.35. The van der Waals surface area contributed by atoms with Crippen LogP contribution in [-0.2, 0) is 16.1 Å². The van der Waals surface area contributed by atoms with Gasteiger partial charge < -0.3 is 25.7 Å². The second-order valence-corrected chi connectivity index (χ2v) is 7.60. The molecule has 0 amide bonds. The van der Waals surface area contributed by atoms with Crippen LogP contribution in [0.1, 0.15) is 23.7 Å². The Hall–Kier alpha value is -4.09. The molecule has 0 aliphatic carbocycles. The molecule has 3 heterocycles. The second-order valence-electron chi connectivity index (χ2n) is 7.60. The van der Waals surface area contributed by atoms with Gasteiger partial charge in [0.25, 0.3) is 0 Å². The molecule has 2 atom stereocenters. The largest absolute Gasteiger partial charge is 0.619 e. The summed E-state index contributed by atoms with van der Waals surface area (Å²) in [6.07, 6.45) is -7.17. The molecule has 1 aliphatic heterocycles. The Labute approximate surface area is 205 Å². The minimum atomic E-state index is -5.08. The number of carboxylic acid groups (broad SMARTS) is 2. The third kappa shape index (κ3) is 7.24. The van der Waals surface area contributed by atoms with Crippen LogP contribution in [0.5, 0.6) is 0 Å². The zero-order valence-electron chi connectivity index (χ0n) is 18.4. The molecule has 38 heavy (non-hydrogen) atoms. The first-order valence-corrected chi connectivity index (χ1v) is 9.92. The van der Waals surface area contributed by atoms with Crippen molar-refractivity contribution in [2.24, 2.45) is 5.73 Å². The Morgan fingerprint density at radius 3 is 2.00 bits per heavy atom. The summed E-state index contributed by atoms with van der Waals surface area (Å²) in [7, 11) is 0. The van der Waals surface area contributed by atoms with E-state index in [9.17, 15) is 44.7 Å². The number of alkyl halides is 6. The van der Waals surface area contributed by atoms with Gasteiger partial charge in [-0.2, -0.15) is 31.1 Å². The number of hydrogen-bond acceptors (Lipinski definition) is 5. The number of carboxylic acids is 2. The molecule has 18 heteroatoms. The summed E-state index contributed by atoms with van der Waals surface area (Å²) in [5, 5.41) is 25.7. The molecule has 9 nitrogen and oxygen atoms in total. The number of aliphatic carboxylic acids is 2. The molecule has 208 valence electrons. The van der Waals surface area contributed by atoms with Crippen LogP contribution in [0.25, 0.3) is 11.0 Å². The Balaban J connectivity index is 0.000000301. The molecule has 0 saturated heterocycles. The van der Waals surface area contributed by atoms with Gasteiger partial charge in [0.2, 0.25) is 6.20 Å². The molecule has 3 aromatic rings. The van der Waals surface area contributed by atoms with E-state index in [0.29, 0.717) is 40.6 Å². The van der Waals surface area contributed by atoms with Gasteiger partial charge in [0.1, 0.15) is 11.6 Å². The topological polar surface area (TPSA) is 145 Å². The lowest BCUT2D eigenvalue weighted by atomic mass is 9.88. The first kappa shape index (κ1) is 30.1. The van der Waals surface area contributed by atoms with Crippen molar-refractivity contribution in [2.45, 2.75) is 37.3 Å². The molecule has 0 bridgehead atoms. The maximum atomic E-state index is 14.2. The Morgan fingerprint density at radius 2 is 1.50 bits per heavy atom. The fourth-order valence-electron chi connectivity index (χ4n) is 3.33. The highest BCUT2D eigenvalue weighted by Gasteiger charge is 2.39. The molecular formula is C20H15F9N4O5. The Morgan fingerprint density at radius 1 is 1.00 bits per heavy atom. The van der Waals surface area contributed by atoms with E-state index in [2.05, 4.69) is 4.98 Å². The second kappa shape index (κ2) is 11.1. The molecule has 1 aliphatic rings. The third-order valence-corrected chi connectivity index (χ3v) is 4.86. The number of rotatable bonds is 1. The average Bonchev–Trinajstić information content (AvgIpc) is 3.12. The van der Waals surface area contributed by atoms with E-state index >= 15 is 0 Å². The van der Waals surface area contributed by atoms with E-state index in [1.54, 1.807) is 10.6 Å². The van der Waals surface area contributed by atoms with E-state index in [1.165, 1.54) is 12.4 Å². The van der Waals surface area contributed by atoms with Crippen LogP contribution in [0.15, 0.2) is 30.6 Å². The fourth-order valence-corrected chi connectivity index (χ4v) is 3.33. The predicted octanol–water partition coefficient (Wildman–Crippen LogP) is 3.22. The van der Waals surface area contributed by atoms with Crippen molar-refractivity contribution in [2.75, 3.05) is 0 Å². The van der Waals surface area contributed by atoms with Crippen molar-refractivity contribution in [1.29, 1.82) is 0 Å². The summed E-state index contributed by atoms with van der Waals surface area (Å²) in [5.41, 5.74) is 7.22. The Bertz CT molecular complexity index is 1320. The molecule has 0 spiro atoms. The van der Waals surface area contributed by atoms with E-state index in [-0.39, 0.29) is 11.6 Å². The van der Waals surface area contributed by atoms with Gasteiger partial charge >= 0.3 is 24.3 Å². The lowest BCUT2D eigenvalue weighted by molar-refractivity contribution is -0.604. The minimum absolute atomic E-state index is 0.00982. The lowest BCUT2D eigenvalue weighted by Gasteiger charge is -2.29. The smallest absolute Gasteiger partial charge is 0.490 e. The van der Waals surface area contributed by atoms with Crippen LogP contribution in [0, 0.1) is 22.7 Å². The average molecular weight is 562 g/mol. The van der Waals surface area contributed by atoms with Crippen molar-refractivity contribution in [3.8, 4) is 0 Å². The van der Waals surface area contributed by atoms with Crippen LogP contribution < -0.4 is 10.5 Å². The predicted molar refractivity (Wildman–Crippen MR) is 107 cm³/mol. The number of hydrogen-bond donors (Lipinski definition) is 3. The quantitative estimate of drug-likeness (QED) is 0.179. The number of pyridine rings is 1. The van der Waals surface area contributed by atoms with Gasteiger partial charge in [-0.3, -0.25) is 0 Å². The van der Waals surface area contributed by atoms with Crippen LogP contribution in [0.2, 0.25) is 0 Å². The molecule has 4 N–H and O–H groups in total. The van der Waals surface area contributed by atoms with Crippen LogP contribution in [0.4, 0.5) is 39.5 Å². The van der Waals surface area contributed by atoms with Gasteiger partial charge in [-0.1, -0.05) is 0 Å². The molecule has 0 fully saturated rings. The fraction of sp³-hybridized carbons (Fsp3) is 0.300. The molecule has 4 rings (SSSR count). The standard InChI is InChI=1S/C16H13F3N4O.2C2HF3O2/c17-11-5-13(19)12(18)4-9(11)10-3-8(20)6-23-15-1-2-22(24)7-14(15)21-16(10)23;2*3-2(4,5)1(6)7/h1-2,4-5,7-8,10H,3,6,20H2;2*(H,6,7)/t8-,10?;;/m1../s1. The van der Waals surface area contributed by atoms with Gasteiger partial charge in [-0.15, -0.1) is 0 Å². The van der Waals surface area contributed by atoms with Crippen molar-refractivity contribution in [3.05, 3.63) is 64.6 Å². The number of fused-ring (bicyclic) bond motifs is 3. The first-order valence-electron chi connectivity index (χ1n) is 9.92. The molecule has 1 unspecified atom stereocenters. The van der Waals surface area contributed by atoms with E-state index in [1.807, 2.05) is 0 Å². The van der Waals surface area contributed by atoms with Gasteiger partial charge in [-0.25, -0.2) is 27.7 Å². The van der Waals surface area contributed by atoms with Crippen LogP contribution >= 0.6 is 0 Å². The number of imidazole rings is 1. The molecule has 2 aromatic heterocycles. The van der Waals surface area contributed by atoms with Gasteiger partial charge in [-0.05, 0) is 12.5 Å². The summed E-state index contributed by atoms with van der Waals surface area (Å²) in [4.78, 5) is 22.2. The molecule has 0 radical (unpaired) electrons. The summed E-state index contributed by atoms with van der Waals surface area (Å²) in [6.45, 7) is 0.455. The monoisotopic (exact) mass is 562 g/mol. The number of halogens is 9. The van der Waals surface area contributed by atoms with Crippen molar-refractivity contribution in [1.82, 2.24) is 9.55 Å². The van der Waals surface area contributed by atoms with E-state index in [0.717, 1.165) is 6.07 Å². The van der Waals surface area contributed by atoms with Gasteiger partial charge in [0, 0.05) is 36.2 Å². The maximum absolute atomic E-state index is 14.2. The van der Waals surface area contributed by atoms with Crippen molar-refractivity contribution < 1.29 is 64.0 Å². The maximum Gasteiger partial charge on any atom is 0.490 e. The number of carbonyl (C=O) groups is 2. The summed E-state index contributed by atoms with van der Waals surface area (Å²) >= 11 is 0. The molecule has 1 aromatic carbocycles. The Kier molecular flexibility index (Phi) is 8.81. The zero-order chi connectivity index (χ0) is 29.2. The molecule has 0 saturated carbocycles. The first-order chi connectivity index (χ1) is 17.3. The van der Waals surface area contributed by atoms with Gasteiger partial charge in [0.05, 0.1) is 5.52 Å². The van der Waals surface area contributed by atoms with Gasteiger partial charge in [0.15, 0.2) is 23.3 Å². The highest BCUT2D eigenvalue weighted by Crippen LogP contribution is 2.36. The normalized spacial score (nSPS) is 17.0. The SMILES string of the molecule is N[C@@H]1CC(c2cc(F)c(F)cc2F)c2nc3c[n+]([O-])ccc3n2C1.O=C(O)C(F)(F)F.O=C(O)C(F)(F)F. The molecular weight excluding hydrogens is 547 g/mol. The van der Waals surface area contributed by atoms with E-state index < -0.39 is 47.7 Å². The third-order valence-electron chi connectivity index (χ3n) is 4.86. The highest BCUT2D eigenvalue weighted by atomic mass is 19.4. The minimum Gasteiger partial charge on any atom is -0.619 e. The summed E-state index contributed by atoms with van der Waals surface area (Å²) in [6, 6.07) is 2.69. The van der Waals surface area contributed by atoms with Crippen molar-refractivity contribution in [3.63, 3.8) is 0 Å². The van der Waals surface area contributed by atoms with Crippen LogP contribution in [-0.4, -0.2) is 50.1 Å². The summed E-state index contributed by atoms with van der Waals surface area (Å²) in [5.74, 6) is -8.84. The van der Waals surface area contributed by atoms with Crippen molar-refractivity contribution >= 4 is 23.0 Å². The summed E-state index contributed by atoms with van der Waals surface area (Å²) < 4.78 is 107. The number of benzene rings is 1. The number of nitrogens with two attached hydrogens (primary N) is 1.